The molecule has 2 aliphatic carbocycles. The van der Waals surface area contributed by atoms with Crippen LogP contribution in [-0.2, 0) is 9.59 Å². The Kier molecular flexibility index (Phi) is 16.5. The maximum absolute atomic E-state index is 13.3. The SMILES string of the molecule is CC(C=CC=C(C)C=CC1=C(C)C(=O)C(Oc2ccc(C(=O)O)cc2)CC1(C)C)=CC=CC=C(C)C=CC=C(C)C=CC1=C(C)C(=O)C(Oc2ccc(C(=O)O)cc2)CC1(C)C. The first-order chi connectivity index (χ1) is 29.2. The highest BCUT2D eigenvalue weighted by atomic mass is 16.5. The molecule has 0 saturated carbocycles. The second-order valence-corrected chi connectivity index (χ2v) is 17.3. The van der Waals surface area contributed by atoms with Crippen LogP contribution in [0.2, 0.25) is 0 Å². The van der Waals surface area contributed by atoms with Crippen molar-refractivity contribution in [1.82, 2.24) is 0 Å². The number of carboxylic acid groups (broad SMARTS) is 2. The van der Waals surface area contributed by atoms with Crippen molar-refractivity contribution >= 4 is 23.5 Å². The summed E-state index contributed by atoms with van der Waals surface area (Å²) in [6, 6.07) is 12.2. The quantitative estimate of drug-likeness (QED) is 0.160. The number of hydrogen-bond acceptors (Lipinski definition) is 6. The van der Waals surface area contributed by atoms with E-state index in [4.69, 9.17) is 19.7 Å². The summed E-state index contributed by atoms with van der Waals surface area (Å²) in [5, 5.41) is 18.3. The van der Waals surface area contributed by atoms with E-state index in [0.717, 1.165) is 33.4 Å². The van der Waals surface area contributed by atoms with Gasteiger partial charge in [-0.15, -0.1) is 0 Å². The molecule has 8 nitrogen and oxygen atoms in total. The third-order valence-electron chi connectivity index (χ3n) is 11.0. The molecule has 0 heterocycles. The maximum atomic E-state index is 13.3. The van der Waals surface area contributed by atoms with Crippen LogP contribution < -0.4 is 9.47 Å². The zero-order valence-electron chi connectivity index (χ0n) is 37.6. The van der Waals surface area contributed by atoms with Crippen LogP contribution in [0.25, 0.3) is 0 Å². The molecule has 0 spiro atoms. The van der Waals surface area contributed by atoms with Crippen molar-refractivity contribution in [3.63, 3.8) is 0 Å². The Morgan fingerprint density at radius 2 is 0.839 bits per heavy atom. The minimum absolute atomic E-state index is 0.0690. The second kappa shape index (κ2) is 21.3. The monoisotopic (exact) mass is 836 g/mol. The van der Waals surface area contributed by atoms with Crippen LogP contribution in [-0.4, -0.2) is 45.9 Å². The van der Waals surface area contributed by atoms with Gasteiger partial charge in [-0.3, -0.25) is 9.59 Å². The van der Waals surface area contributed by atoms with Gasteiger partial charge < -0.3 is 19.7 Å². The number of allylic oxidation sites excluding steroid dienone is 20. The fourth-order valence-electron chi connectivity index (χ4n) is 7.44. The van der Waals surface area contributed by atoms with Crippen LogP contribution in [0.3, 0.4) is 0 Å². The van der Waals surface area contributed by atoms with Gasteiger partial charge in [0.25, 0.3) is 0 Å². The van der Waals surface area contributed by atoms with Gasteiger partial charge in [0.05, 0.1) is 11.1 Å². The predicted octanol–water partition coefficient (Wildman–Crippen LogP) is 12.5. The molecule has 0 radical (unpaired) electrons. The molecule has 2 N–H and O–H groups in total. The third kappa shape index (κ3) is 13.5. The zero-order chi connectivity index (χ0) is 45.8. The largest absolute Gasteiger partial charge is 0.482 e. The van der Waals surface area contributed by atoms with E-state index in [-0.39, 0.29) is 33.5 Å². The predicted molar refractivity (Wildman–Crippen MR) is 249 cm³/mol. The van der Waals surface area contributed by atoms with Gasteiger partial charge in [0.1, 0.15) is 11.5 Å². The Bertz CT molecular complexity index is 2210. The van der Waals surface area contributed by atoms with E-state index in [0.29, 0.717) is 35.5 Å². The van der Waals surface area contributed by atoms with Crippen LogP contribution in [0.5, 0.6) is 11.5 Å². The molecule has 0 saturated heterocycles. The van der Waals surface area contributed by atoms with E-state index in [9.17, 15) is 19.2 Å². The summed E-state index contributed by atoms with van der Waals surface area (Å²) < 4.78 is 12.0. The molecule has 8 heteroatoms. The summed E-state index contributed by atoms with van der Waals surface area (Å²) >= 11 is 0. The smallest absolute Gasteiger partial charge is 0.335 e. The average Bonchev–Trinajstić information content (AvgIpc) is 3.20. The molecule has 4 rings (SSSR count). The average molecular weight is 837 g/mol. The molecule has 0 amide bonds. The van der Waals surface area contributed by atoms with Crippen LogP contribution >= 0.6 is 0 Å². The maximum Gasteiger partial charge on any atom is 0.335 e. The van der Waals surface area contributed by atoms with E-state index in [2.05, 4.69) is 27.7 Å². The lowest BCUT2D eigenvalue weighted by Crippen LogP contribution is -2.39. The second-order valence-electron chi connectivity index (χ2n) is 17.3. The molecule has 0 aliphatic heterocycles. The molecule has 62 heavy (non-hydrogen) atoms. The normalized spacial score (nSPS) is 20.5. The minimum Gasteiger partial charge on any atom is -0.482 e. The molecule has 0 aromatic heterocycles. The van der Waals surface area contributed by atoms with E-state index in [1.54, 1.807) is 24.3 Å². The lowest BCUT2D eigenvalue weighted by atomic mass is 9.71. The molecule has 2 aromatic rings. The van der Waals surface area contributed by atoms with Crippen molar-refractivity contribution in [3.8, 4) is 11.5 Å². The Labute approximate surface area is 367 Å². The highest BCUT2D eigenvalue weighted by Gasteiger charge is 2.40. The summed E-state index contributed by atoms with van der Waals surface area (Å²) in [7, 11) is 0. The first kappa shape index (κ1) is 48.1. The summed E-state index contributed by atoms with van der Waals surface area (Å²) in [6.45, 7) is 20.2. The molecule has 0 bridgehead atoms. The number of carboxylic acids is 2. The highest BCUT2D eigenvalue weighted by Crippen LogP contribution is 2.42. The standard InChI is InChI=1S/C54H60O8/c1-35(17-13-19-37(3)21-31-45-39(5)49(55)47(33-53(45,7)8)61-43-27-23-41(24-28-43)51(57)58)15-11-12-16-36(2)18-14-20-38(4)22-32-46-40(6)50(56)48(34-54(46,9)10)62-44-29-25-42(26-30-44)52(59)60/h11-32,47-48H,33-34H2,1-10H3,(H,57,58)(H,59,60). The first-order valence-corrected chi connectivity index (χ1v) is 20.8. The zero-order valence-corrected chi connectivity index (χ0v) is 37.6. The van der Waals surface area contributed by atoms with Gasteiger partial charge in [-0.1, -0.05) is 135 Å². The van der Waals surface area contributed by atoms with Crippen molar-refractivity contribution in [2.24, 2.45) is 10.8 Å². The van der Waals surface area contributed by atoms with E-state index in [1.165, 1.54) is 24.3 Å². The van der Waals surface area contributed by atoms with E-state index in [1.807, 2.05) is 127 Å². The number of carbonyl (C=O) groups is 4. The Hall–Kier alpha value is -6.54. The van der Waals surface area contributed by atoms with Gasteiger partial charge >= 0.3 is 11.9 Å². The number of hydrogen-bond donors (Lipinski definition) is 2. The number of Topliss-reactive ketones (excluding diaryl/α,β-unsaturated/α-hetero) is 2. The molecule has 0 fully saturated rings. The molecular weight excluding hydrogens is 777 g/mol. The van der Waals surface area contributed by atoms with Gasteiger partial charge in [-0.2, -0.15) is 0 Å². The number of carbonyl (C=O) groups excluding carboxylic acids is 2. The van der Waals surface area contributed by atoms with Crippen LogP contribution in [0, 0.1) is 10.8 Å². The summed E-state index contributed by atoms with van der Waals surface area (Å²) in [4.78, 5) is 48.9. The topological polar surface area (TPSA) is 127 Å². The molecule has 2 aromatic carbocycles. The van der Waals surface area contributed by atoms with E-state index < -0.39 is 24.1 Å². The number of ether oxygens (including phenoxy) is 2. The number of aromatic carboxylic acids is 2. The highest BCUT2D eigenvalue weighted by molar-refractivity contribution is 6.01. The van der Waals surface area contributed by atoms with Crippen molar-refractivity contribution in [2.45, 2.75) is 94.3 Å². The summed E-state index contributed by atoms with van der Waals surface area (Å²) in [5.74, 6) is -1.23. The molecule has 324 valence electrons. The number of benzene rings is 2. The lowest BCUT2D eigenvalue weighted by Gasteiger charge is -2.36. The fourth-order valence-corrected chi connectivity index (χ4v) is 7.44. The summed E-state index contributed by atoms with van der Waals surface area (Å²) in [5.41, 5.74) is 7.25. The Balaban J connectivity index is 1.29. The first-order valence-electron chi connectivity index (χ1n) is 20.8. The van der Waals surface area contributed by atoms with E-state index >= 15 is 0 Å². The van der Waals surface area contributed by atoms with Crippen LogP contribution in [0.4, 0.5) is 0 Å². The van der Waals surface area contributed by atoms with Gasteiger partial charge in [-0.05, 0) is 123 Å². The molecule has 2 atom stereocenters. The van der Waals surface area contributed by atoms with Crippen molar-refractivity contribution in [3.05, 3.63) is 189 Å². The Morgan fingerprint density at radius 3 is 1.16 bits per heavy atom. The van der Waals surface area contributed by atoms with Crippen molar-refractivity contribution in [2.75, 3.05) is 0 Å². The van der Waals surface area contributed by atoms with Crippen LogP contribution in [0.15, 0.2) is 178 Å². The third-order valence-corrected chi connectivity index (χ3v) is 11.0. The van der Waals surface area contributed by atoms with Gasteiger partial charge in [0, 0.05) is 12.8 Å². The molecule has 2 aliphatic rings. The lowest BCUT2D eigenvalue weighted by molar-refractivity contribution is -0.124. The minimum atomic E-state index is -1.01. The molecular formula is C54H60O8. The Morgan fingerprint density at radius 1 is 0.532 bits per heavy atom. The summed E-state index contributed by atoms with van der Waals surface area (Å²) in [6.07, 6.45) is 28.1. The van der Waals surface area contributed by atoms with Crippen molar-refractivity contribution in [1.29, 1.82) is 0 Å². The molecule has 2 unspecified atom stereocenters. The van der Waals surface area contributed by atoms with Gasteiger partial charge in [0.2, 0.25) is 0 Å². The van der Waals surface area contributed by atoms with Gasteiger partial charge in [0.15, 0.2) is 23.8 Å². The van der Waals surface area contributed by atoms with Crippen molar-refractivity contribution < 1.29 is 38.9 Å². The number of rotatable bonds is 16. The number of ketones is 2. The van der Waals surface area contributed by atoms with Crippen LogP contribution in [0.1, 0.15) is 103 Å². The van der Waals surface area contributed by atoms with Gasteiger partial charge in [-0.25, -0.2) is 9.59 Å². The fraction of sp³-hybridized carbons (Fsp3) is 0.296.